The summed E-state index contributed by atoms with van der Waals surface area (Å²) < 4.78 is 79.4. The fraction of sp³-hybridized carbons (Fsp3) is 0.222. The van der Waals surface area contributed by atoms with E-state index in [-0.39, 0.29) is 34.9 Å². The van der Waals surface area contributed by atoms with Crippen LogP contribution >= 0.6 is 0 Å². The first-order chi connectivity index (χ1) is 35.5. The fourth-order valence-corrected chi connectivity index (χ4v) is 9.37. The van der Waals surface area contributed by atoms with E-state index in [1.165, 1.54) is 24.3 Å². The lowest BCUT2D eigenvalue weighted by Crippen LogP contribution is -2.28. The highest BCUT2D eigenvalue weighted by Crippen LogP contribution is 2.50. The van der Waals surface area contributed by atoms with Gasteiger partial charge in [-0.3, -0.25) is 0 Å². The van der Waals surface area contributed by atoms with Crippen LogP contribution in [0.1, 0.15) is 27.7 Å². The van der Waals surface area contributed by atoms with E-state index in [0.717, 1.165) is 57.3 Å². The lowest BCUT2D eigenvalue weighted by atomic mass is 10.1. The van der Waals surface area contributed by atoms with Gasteiger partial charge in [-0.15, -0.1) is 0 Å². The minimum atomic E-state index is -1.12. The molecule has 0 N–H and O–H groups in total. The van der Waals surface area contributed by atoms with Crippen molar-refractivity contribution in [2.24, 2.45) is 0 Å². The molecule has 0 spiro atoms. The molecular formula is C54H51F4N15O+6. The molecule has 6 aliphatic heterocycles. The van der Waals surface area contributed by atoms with Gasteiger partial charge in [-0.1, -0.05) is 24.4 Å². The number of halogens is 4. The van der Waals surface area contributed by atoms with Crippen molar-refractivity contribution in [1.82, 2.24) is 24.8 Å². The first-order valence-corrected chi connectivity index (χ1v) is 23.6. The molecule has 20 heteroatoms. The Kier molecular flexibility index (Phi) is 11.5. The maximum absolute atomic E-state index is 16.1. The first kappa shape index (κ1) is 47.1. The molecule has 0 unspecified atom stereocenters. The summed E-state index contributed by atoms with van der Waals surface area (Å²) in [5, 5.41) is 0. The molecule has 3 aromatic heterocycles. The largest absolute Gasteiger partial charge is 0.495 e. The van der Waals surface area contributed by atoms with Crippen molar-refractivity contribution in [1.29, 1.82) is 0 Å². The number of anilines is 4. The zero-order valence-corrected chi connectivity index (χ0v) is 42.1. The van der Waals surface area contributed by atoms with Crippen molar-refractivity contribution in [2.75, 3.05) is 74.8 Å². The van der Waals surface area contributed by atoms with Gasteiger partial charge in [-0.2, -0.15) is 27.5 Å². The van der Waals surface area contributed by atoms with Gasteiger partial charge < -0.3 is 34.1 Å². The van der Waals surface area contributed by atoms with Crippen molar-refractivity contribution in [3.63, 3.8) is 0 Å². The third kappa shape index (κ3) is 8.32. The smallest absolute Gasteiger partial charge is 0.452 e. The van der Waals surface area contributed by atoms with Crippen LogP contribution in [0.4, 0.5) is 57.4 Å². The summed E-state index contributed by atoms with van der Waals surface area (Å²) in [5.74, 6) is -3.26. The number of ether oxygens (including phenoxy) is 1. The highest BCUT2D eigenvalue weighted by Gasteiger charge is 2.40. The van der Waals surface area contributed by atoms with Crippen LogP contribution in [-0.4, -0.2) is 125 Å². The molecule has 0 aliphatic carbocycles. The van der Waals surface area contributed by atoms with Crippen LogP contribution in [0, 0.1) is 23.8 Å². The van der Waals surface area contributed by atoms with Gasteiger partial charge in [0.1, 0.15) is 5.69 Å². The molecule has 0 saturated heterocycles. The highest BCUT2D eigenvalue weighted by molar-refractivity contribution is 5.82. The molecule has 370 valence electrons. The molecule has 0 fully saturated rings. The van der Waals surface area contributed by atoms with E-state index in [1.807, 2.05) is 112 Å². The van der Waals surface area contributed by atoms with Gasteiger partial charge >= 0.3 is 29.4 Å². The Morgan fingerprint density at radius 3 is 1.77 bits per heavy atom. The van der Waals surface area contributed by atoms with Crippen LogP contribution in [0.2, 0.25) is 0 Å². The van der Waals surface area contributed by atoms with E-state index < -0.39 is 23.8 Å². The van der Waals surface area contributed by atoms with Crippen molar-refractivity contribution in [3.05, 3.63) is 157 Å². The molecule has 16 nitrogen and oxygen atoms in total. The number of benzene rings is 2. The van der Waals surface area contributed by atoms with Gasteiger partial charge in [-0.05, 0) is 59.4 Å². The van der Waals surface area contributed by atoms with Crippen LogP contribution in [0.15, 0.2) is 133 Å². The molecule has 6 aliphatic rings. The lowest BCUT2D eigenvalue weighted by Gasteiger charge is -2.27. The summed E-state index contributed by atoms with van der Waals surface area (Å²) in [4.78, 5) is 23.6. The van der Waals surface area contributed by atoms with E-state index in [9.17, 15) is 8.78 Å². The highest BCUT2D eigenvalue weighted by atomic mass is 19.1. The van der Waals surface area contributed by atoms with E-state index in [2.05, 4.69) is 97.0 Å². The zero-order chi connectivity index (χ0) is 51.9. The molecule has 11 rings (SSSR count). The van der Waals surface area contributed by atoms with Crippen LogP contribution < -0.4 is 24.3 Å². The Balaban J connectivity index is 1.06. The topological polar surface area (TPSA) is 85.4 Å². The number of hydrogen-bond donors (Lipinski definition) is 0. The molecule has 0 atom stereocenters. The molecule has 2 aromatic carbocycles. The summed E-state index contributed by atoms with van der Waals surface area (Å²) >= 11 is 0. The van der Waals surface area contributed by atoms with Gasteiger partial charge in [0.15, 0.2) is 32.6 Å². The van der Waals surface area contributed by atoms with Crippen molar-refractivity contribution in [2.45, 2.75) is 27.7 Å². The van der Waals surface area contributed by atoms with Crippen LogP contribution in [0.5, 0.6) is 11.5 Å². The van der Waals surface area contributed by atoms with Gasteiger partial charge in [0.2, 0.25) is 36.2 Å². The van der Waals surface area contributed by atoms with Gasteiger partial charge in [0, 0.05) is 70.2 Å². The lowest BCUT2D eigenvalue weighted by molar-refractivity contribution is -0.449. The van der Waals surface area contributed by atoms with Gasteiger partial charge in [0.25, 0.3) is 29.5 Å². The van der Waals surface area contributed by atoms with Crippen LogP contribution in [-0.2, 0) is 0 Å². The maximum Gasteiger partial charge on any atom is 0.495 e. The minimum Gasteiger partial charge on any atom is -0.452 e. The molecule has 9 heterocycles. The number of aromatic nitrogens is 3. The van der Waals surface area contributed by atoms with Crippen molar-refractivity contribution >= 4 is 57.8 Å². The zero-order valence-electron chi connectivity index (χ0n) is 42.1. The van der Waals surface area contributed by atoms with E-state index >= 15 is 8.78 Å². The normalized spacial score (nSPS) is 17.0. The molecule has 74 heavy (non-hydrogen) atoms. The first-order valence-electron chi connectivity index (χ1n) is 23.6. The van der Waals surface area contributed by atoms with Crippen molar-refractivity contribution in [3.8, 4) is 34.0 Å². The van der Waals surface area contributed by atoms with E-state index in [4.69, 9.17) is 4.74 Å². The van der Waals surface area contributed by atoms with E-state index in [0.29, 0.717) is 30.5 Å². The second kappa shape index (κ2) is 18.1. The molecular weight excluding hydrogens is 951 g/mol. The number of allylic oxidation sites excluding steroid dienone is 4. The molecule has 5 aromatic rings. The summed E-state index contributed by atoms with van der Waals surface area (Å²) in [7, 11) is 9.86. The molecule has 0 bridgehead atoms. The molecule has 0 radical (unpaired) electrons. The second-order valence-electron chi connectivity index (χ2n) is 18.6. The molecule has 0 amide bonds. The summed E-state index contributed by atoms with van der Waals surface area (Å²) in [6, 6.07) is 26.5. The second-order valence-corrected chi connectivity index (χ2v) is 18.6. The fourth-order valence-electron chi connectivity index (χ4n) is 9.37. The number of nitrogens with zero attached hydrogens (tertiary/aromatic N) is 15. The van der Waals surface area contributed by atoms with E-state index in [1.54, 1.807) is 23.4 Å². The predicted molar refractivity (Wildman–Crippen MR) is 270 cm³/mol. The standard InChI is InChI=1S/C54H51F4N15O/c1-34-36(3)72(31-65(34)8)44-24-46(69-20-17-64(7)30-69)49(26-42(44)67-18-15-62(5)28-67)74-50-27-43(68-19-16-63(6)29-68)45(73-32-66(9)35(2)37(73)4)25-47(50)70-21-22-71(33-70)48-23-39(53(57)61-54(48)58)41-12-10-11-40(59-41)38-13-14-51(55)60-52(38)56/h10-27H,30,32-33H2,1-9H3/q+6. The summed E-state index contributed by atoms with van der Waals surface area (Å²) in [6.07, 6.45) is 15.2. The quantitative estimate of drug-likeness (QED) is 0.0727. The average Bonchev–Trinajstić information content (AvgIpc) is 4.27. The third-order valence-electron chi connectivity index (χ3n) is 13.8. The third-order valence-corrected chi connectivity index (χ3v) is 13.8. The summed E-state index contributed by atoms with van der Waals surface area (Å²) in [6.45, 7) is 9.46. The van der Waals surface area contributed by atoms with Gasteiger partial charge in [0.05, 0.1) is 71.7 Å². The average molecular weight is 1000 g/mol. The molecule has 0 saturated carbocycles. The predicted octanol–water partition coefficient (Wildman–Crippen LogP) is 9.07. The minimum absolute atomic E-state index is 0.0434. The number of hydrogen-bond acceptors (Lipinski definition) is 10. The maximum atomic E-state index is 16.1. The Labute approximate surface area is 424 Å². The monoisotopic (exact) mass is 1000 g/mol. The SMILES string of the molecule is CC1=C(C)N(c2cc(N3C=CN(c4cc(-c5cccc(-c6ccc(F)nc6F)n5)c(F)nc4F)C3)c(Oc3cc([N+]4=C=[N+](C)C=C4)c([N+]4=C=[N+](C)C(C)=C4C)cc3N3C=CN(C)C3)cc2[N+]2=C=[N+](C)C=C2)CN1C. The number of pyridine rings is 3. The van der Waals surface area contributed by atoms with Crippen LogP contribution in [0.25, 0.3) is 22.5 Å². The van der Waals surface area contributed by atoms with Crippen LogP contribution in [0.3, 0.4) is 0 Å². The van der Waals surface area contributed by atoms with Gasteiger partial charge in [-0.25, -0.2) is 4.98 Å². The summed E-state index contributed by atoms with van der Waals surface area (Å²) in [5.41, 5.74) is 8.74. The Bertz CT molecular complexity index is 3740. The Hall–Kier alpha value is -9.21. The Morgan fingerprint density at radius 2 is 1.16 bits per heavy atom. The number of rotatable bonds is 11. The Morgan fingerprint density at radius 1 is 0.541 bits per heavy atom. The van der Waals surface area contributed by atoms with Crippen molar-refractivity contribution < 1.29 is 49.8 Å².